The van der Waals surface area contributed by atoms with Crippen LogP contribution in [0.15, 0.2) is 12.1 Å². The second-order valence-electron chi connectivity index (χ2n) is 6.83. The number of hydrogen-bond acceptors (Lipinski definition) is 5. The number of anilines is 1. The molecule has 0 bridgehead atoms. The number of aromatic nitrogens is 1. The van der Waals surface area contributed by atoms with Crippen molar-refractivity contribution in [2.45, 2.75) is 45.7 Å². The molecule has 1 aromatic heterocycles. The molecule has 2 heterocycles. The molecule has 2 rings (SSSR count). The highest BCUT2D eigenvalue weighted by Crippen LogP contribution is 2.27. The van der Waals surface area contributed by atoms with E-state index >= 15 is 0 Å². The molecule has 1 saturated heterocycles. The number of pyridine rings is 1. The zero-order valence-corrected chi connectivity index (χ0v) is 14.1. The van der Waals surface area contributed by atoms with Gasteiger partial charge in [-0.15, -0.1) is 0 Å². The maximum Gasteiger partial charge on any atom is 0.154 e. The first-order chi connectivity index (χ1) is 9.62. The first-order valence-electron chi connectivity index (χ1n) is 7.31. The Morgan fingerprint density at radius 1 is 1.38 bits per heavy atom. The van der Waals surface area contributed by atoms with Crippen LogP contribution in [-0.2, 0) is 21.8 Å². The van der Waals surface area contributed by atoms with Gasteiger partial charge in [0.15, 0.2) is 9.84 Å². The summed E-state index contributed by atoms with van der Waals surface area (Å²) in [7, 11) is -2.92. The highest BCUT2D eigenvalue weighted by Gasteiger charge is 2.29. The summed E-state index contributed by atoms with van der Waals surface area (Å²) in [5.41, 5.74) is 7.75. The number of nitrogens with zero attached hydrogens (tertiary/aromatic N) is 2. The Hall–Kier alpha value is -1.14. The first kappa shape index (κ1) is 16.2. The van der Waals surface area contributed by atoms with Gasteiger partial charge in [0.05, 0.1) is 11.5 Å². The lowest BCUT2D eigenvalue weighted by Crippen LogP contribution is -2.47. The molecular formula is C15H25N3O2S. The summed E-state index contributed by atoms with van der Waals surface area (Å²) in [5.74, 6) is 1.22. The Morgan fingerprint density at radius 3 is 2.57 bits per heavy atom. The molecule has 0 aliphatic carbocycles. The summed E-state index contributed by atoms with van der Waals surface area (Å²) >= 11 is 0. The van der Waals surface area contributed by atoms with Crippen LogP contribution in [0.1, 0.15) is 39.0 Å². The van der Waals surface area contributed by atoms with Crippen molar-refractivity contribution in [1.29, 1.82) is 0 Å². The van der Waals surface area contributed by atoms with Crippen LogP contribution in [-0.4, -0.2) is 37.5 Å². The lowest BCUT2D eigenvalue weighted by molar-refractivity contribution is 0.554. The van der Waals surface area contributed by atoms with Crippen molar-refractivity contribution in [2.24, 2.45) is 5.73 Å². The summed E-state index contributed by atoms with van der Waals surface area (Å²) in [4.78, 5) is 6.83. The number of hydrogen-bond donors (Lipinski definition) is 1. The van der Waals surface area contributed by atoms with E-state index < -0.39 is 9.84 Å². The molecule has 1 aliphatic heterocycles. The molecule has 6 heteroatoms. The van der Waals surface area contributed by atoms with Crippen LogP contribution in [0.25, 0.3) is 0 Å². The van der Waals surface area contributed by atoms with Gasteiger partial charge in [-0.2, -0.15) is 0 Å². The van der Waals surface area contributed by atoms with Crippen molar-refractivity contribution in [3.05, 3.63) is 23.4 Å². The van der Waals surface area contributed by atoms with Gasteiger partial charge in [-0.05, 0) is 24.6 Å². The van der Waals surface area contributed by atoms with E-state index in [0.29, 0.717) is 13.1 Å². The van der Waals surface area contributed by atoms with Crippen molar-refractivity contribution >= 4 is 15.7 Å². The average Bonchev–Trinajstić information content (AvgIpc) is 2.36. The molecule has 1 aliphatic rings. The molecule has 1 unspecified atom stereocenters. The normalized spacial score (nSPS) is 22.3. The highest BCUT2D eigenvalue weighted by atomic mass is 32.2. The fourth-order valence-electron chi connectivity index (χ4n) is 2.56. The Labute approximate surface area is 127 Å². The van der Waals surface area contributed by atoms with Gasteiger partial charge < -0.3 is 10.6 Å². The van der Waals surface area contributed by atoms with Crippen molar-refractivity contribution in [3.63, 3.8) is 0 Å². The van der Waals surface area contributed by atoms with Gasteiger partial charge in [0.2, 0.25) is 0 Å². The third kappa shape index (κ3) is 3.74. The monoisotopic (exact) mass is 311 g/mol. The second-order valence-corrected chi connectivity index (χ2v) is 9.06. The highest BCUT2D eigenvalue weighted by molar-refractivity contribution is 7.91. The van der Waals surface area contributed by atoms with Crippen LogP contribution in [0.4, 0.5) is 5.82 Å². The third-order valence-electron chi connectivity index (χ3n) is 3.84. The second kappa shape index (κ2) is 5.57. The standard InChI is InChI=1S/C15H25N3O2S/c1-11-10-21(19,20)6-5-18(11)14-8-12(9-16)7-13(17-14)15(2,3)4/h7-8,11H,5-6,9-10,16H2,1-4H3. The maximum atomic E-state index is 11.7. The fraction of sp³-hybridized carbons (Fsp3) is 0.667. The minimum Gasteiger partial charge on any atom is -0.352 e. The number of nitrogens with two attached hydrogens (primary N) is 1. The van der Waals surface area contributed by atoms with E-state index in [1.807, 2.05) is 19.1 Å². The van der Waals surface area contributed by atoms with Gasteiger partial charge in [-0.1, -0.05) is 20.8 Å². The average molecular weight is 311 g/mol. The summed E-state index contributed by atoms with van der Waals surface area (Å²) in [6.45, 7) is 9.23. The fourth-order valence-corrected chi connectivity index (χ4v) is 4.12. The zero-order chi connectivity index (χ0) is 15.8. The van der Waals surface area contributed by atoms with Crippen molar-refractivity contribution in [3.8, 4) is 0 Å². The van der Waals surface area contributed by atoms with Crippen molar-refractivity contribution < 1.29 is 8.42 Å². The van der Waals surface area contributed by atoms with E-state index in [1.54, 1.807) is 0 Å². The summed E-state index contributed by atoms with van der Waals surface area (Å²) in [6.07, 6.45) is 0. The molecular weight excluding hydrogens is 286 g/mol. The molecule has 0 radical (unpaired) electrons. The lowest BCUT2D eigenvalue weighted by Gasteiger charge is -2.35. The van der Waals surface area contributed by atoms with E-state index in [2.05, 4.69) is 25.7 Å². The molecule has 1 atom stereocenters. The van der Waals surface area contributed by atoms with E-state index in [4.69, 9.17) is 10.7 Å². The lowest BCUT2D eigenvalue weighted by atomic mass is 9.90. The Kier molecular flexibility index (Phi) is 4.31. The molecule has 0 aromatic carbocycles. The van der Waals surface area contributed by atoms with Gasteiger partial charge in [-0.3, -0.25) is 0 Å². The van der Waals surface area contributed by atoms with E-state index in [-0.39, 0.29) is 23.0 Å². The number of sulfone groups is 1. The minimum absolute atomic E-state index is 0.0582. The smallest absolute Gasteiger partial charge is 0.154 e. The summed E-state index contributed by atoms with van der Waals surface area (Å²) in [5, 5.41) is 0. The molecule has 0 amide bonds. The molecule has 118 valence electrons. The van der Waals surface area contributed by atoms with Gasteiger partial charge >= 0.3 is 0 Å². The van der Waals surface area contributed by atoms with Crippen molar-refractivity contribution in [1.82, 2.24) is 4.98 Å². The predicted octanol–water partition coefficient (Wildman–Crippen LogP) is 1.46. The minimum atomic E-state index is -2.92. The van der Waals surface area contributed by atoms with Gasteiger partial charge in [-0.25, -0.2) is 13.4 Å². The summed E-state index contributed by atoms with van der Waals surface area (Å²) < 4.78 is 23.4. The zero-order valence-electron chi connectivity index (χ0n) is 13.3. The van der Waals surface area contributed by atoms with Crippen LogP contribution < -0.4 is 10.6 Å². The predicted molar refractivity (Wildman–Crippen MR) is 86.3 cm³/mol. The molecule has 5 nitrogen and oxygen atoms in total. The van der Waals surface area contributed by atoms with Gasteiger partial charge in [0.25, 0.3) is 0 Å². The van der Waals surface area contributed by atoms with E-state index in [9.17, 15) is 8.42 Å². The Balaban J connectivity index is 2.40. The van der Waals surface area contributed by atoms with Crippen LogP contribution in [0.2, 0.25) is 0 Å². The third-order valence-corrected chi connectivity index (χ3v) is 5.64. The quantitative estimate of drug-likeness (QED) is 0.895. The van der Waals surface area contributed by atoms with E-state index in [0.717, 1.165) is 17.1 Å². The van der Waals surface area contributed by atoms with Gasteiger partial charge in [0.1, 0.15) is 5.82 Å². The molecule has 0 spiro atoms. The molecule has 1 aromatic rings. The molecule has 21 heavy (non-hydrogen) atoms. The first-order valence-corrected chi connectivity index (χ1v) is 9.13. The largest absolute Gasteiger partial charge is 0.352 e. The van der Waals surface area contributed by atoms with Gasteiger partial charge in [0, 0.05) is 30.2 Å². The SMILES string of the molecule is CC1CS(=O)(=O)CCN1c1cc(CN)cc(C(C)(C)C)n1. The van der Waals surface area contributed by atoms with Crippen LogP contribution in [0.5, 0.6) is 0 Å². The summed E-state index contributed by atoms with van der Waals surface area (Å²) in [6, 6.07) is 3.95. The van der Waals surface area contributed by atoms with Crippen LogP contribution in [0, 0.1) is 0 Å². The topological polar surface area (TPSA) is 76.3 Å². The van der Waals surface area contributed by atoms with Crippen LogP contribution >= 0.6 is 0 Å². The molecule has 0 saturated carbocycles. The Bertz CT molecular complexity index is 620. The Morgan fingerprint density at radius 2 is 2.05 bits per heavy atom. The van der Waals surface area contributed by atoms with Crippen molar-refractivity contribution in [2.75, 3.05) is 23.0 Å². The maximum absolute atomic E-state index is 11.7. The number of rotatable bonds is 2. The molecule has 2 N–H and O–H groups in total. The van der Waals surface area contributed by atoms with E-state index in [1.165, 1.54) is 0 Å². The van der Waals surface area contributed by atoms with Crippen LogP contribution in [0.3, 0.4) is 0 Å². The molecule has 1 fully saturated rings.